The summed E-state index contributed by atoms with van der Waals surface area (Å²) in [6.45, 7) is 1.95. The Morgan fingerprint density at radius 1 is 0.722 bits per heavy atom. The Morgan fingerprint density at radius 3 is 1.11 bits per heavy atom. The molecule has 18 heavy (non-hydrogen) atoms. The van der Waals surface area contributed by atoms with Gasteiger partial charge in [-0.3, -0.25) is 0 Å². The third-order valence-electron chi connectivity index (χ3n) is 2.29. The lowest BCUT2D eigenvalue weighted by Crippen LogP contribution is -2.41. The Hall–Kier alpha value is -0.260. The van der Waals surface area contributed by atoms with E-state index in [1.54, 1.807) is 0 Å². The van der Waals surface area contributed by atoms with Crippen LogP contribution in [0.4, 0.5) is 0 Å². The standard InChI is InChI=1S/C8H18O8S2/c1-5(9)17(13,14)3-7(11)8(12)4-18(15,16)6(2)10/h5-12H,3-4H2,1-2H3. The van der Waals surface area contributed by atoms with Crippen molar-refractivity contribution in [2.45, 2.75) is 36.9 Å². The van der Waals surface area contributed by atoms with Gasteiger partial charge < -0.3 is 20.4 Å². The molecule has 4 N–H and O–H groups in total. The van der Waals surface area contributed by atoms with Gasteiger partial charge in [0, 0.05) is 0 Å². The van der Waals surface area contributed by atoms with E-state index >= 15 is 0 Å². The van der Waals surface area contributed by atoms with Crippen LogP contribution in [0.15, 0.2) is 0 Å². The minimum atomic E-state index is -4.03. The molecule has 4 atom stereocenters. The summed E-state index contributed by atoms with van der Waals surface area (Å²) in [5.41, 5.74) is -3.46. The van der Waals surface area contributed by atoms with Crippen LogP contribution in [-0.2, 0) is 19.7 Å². The van der Waals surface area contributed by atoms with E-state index in [0.29, 0.717) is 0 Å². The molecule has 8 nitrogen and oxygen atoms in total. The summed E-state index contributed by atoms with van der Waals surface area (Å²) in [5.74, 6) is -1.94. The predicted molar refractivity (Wildman–Crippen MR) is 62.9 cm³/mol. The Morgan fingerprint density at radius 2 is 0.944 bits per heavy atom. The highest BCUT2D eigenvalue weighted by Gasteiger charge is 2.31. The fourth-order valence-corrected chi connectivity index (χ4v) is 2.93. The van der Waals surface area contributed by atoms with Crippen molar-refractivity contribution in [1.29, 1.82) is 0 Å². The van der Waals surface area contributed by atoms with Gasteiger partial charge in [0.05, 0.1) is 23.7 Å². The molecule has 4 unspecified atom stereocenters. The van der Waals surface area contributed by atoms with Crippen molar-refractivity contribution in [3.63, 3.8) is 0 Å². The highest BCUT2D eigenvalue weighted by molar-refractivity contribution is 7.92. The first-order valence-corrected chi connectivity index (χ1v) is 8.48. The Labute approximate surface area is 106 Å². The van der Waals surface area contributed by atoms with Gasteiger partial charge in [0.2, 0.25) is 0 Å². The molecule has 0 heterocycles. The van der Waals surface area contributed by atoms with Crippen LogP contribution in [0, 0.1) is 0 Å². The molecule has 0 saturated carbocycles. The first-order valence-electron chi connectivity index (χ1n) is 5.05. The summed E-state index contributed by atoms with van der Waals surface area (Å²) in [7, 11) is -8.06. The van der Waals surface area contributed by atoms with E-state index in [2.05, 4.69) is 0 Å². The molecule has 0 aliphatic rings. The number of aliphatic hydroxyl groups is 4. The average Bonchev–Trinajstić information content (AvgIpc) is 2.15. The molecule has 0 amide bonds. The third-order valence-corrected chi connectivity index (χ3v) is 5.98. The van der Waals surface area contributed by atoms with E-state index in [-0.39, 0.29) is 0 Å². The van der Waals surface area contributed by atoms with Gasteiger partial charge in [-0.2, -0.15) is 0 Å². The smallest absolute Gasteiger partial charge is 0.179 e. The summed E-state index contributed by atoms with van der Waals surface area (Å²) in [5, 5.41) is 36.5. The molecule has 0 radical (unpaired) electrons. The number of aliphatic hydroxyl groups excluding tert-OH is 4. The SMILES string of the molecule is CC(O)S(=O)(=O)CC(O)C(O)CS(=O)(=O)C(C)O. The normalized spacial score (nSPS) is 20.1. The topological polar surface area (TPSA) is 149 Å². The molecule has 0 bridgehead atoms. The van der Waals surface area contributed by atoms with E-state index < -0.39 is 54.3 Å². The van der Waals surface area contributed by atoms with Crippen LogP contribution in [-0.4, -0.2) is 71.8 Å². The van der Waals surface area contributed by atoms with Gasteiger partial charge in [0.1, 0.15) is 0 Å². The van der Waals surface area contributed by atoms with Gasteiger partial charge in [-0.25, -0.2) is 16.8 Å². The molecular formula is C8H18O8S2. The van der Waals surface area contributed by atoms with Crippen LogP contribution in [0.3, 0.4) is 0 Å². The van der Waals surface area contributed by atoms with Gasteiger partial charge in [0.15, 0.2) is 30.5 Å². The van der Waals surface area contributed by atoms with Crippen molar-refractivity contribution in [2.24, 2.45) is 0 Å². The number of sulfone groups is 2. The Kier molecular flexibility index (Phi) is 6.17. The second-order valence-corrected chi connectivity index (χ2v) is 8.67. The zero-order chi connectivity index (χ0) is 14.7. The summed E-state index contributed by atoms with van der Waals surface area (Å²) in [4.78, 5) is 0. The lowest BCUT2D eigenvalue weighted by Gasteiger charge is -2.19. The van der Waals surface area contributed by atoms with Crippen LogP contribution >= 0.6 is 0 Å². The lowest BCUT2D eigenvalue weighted by molar-refractivity contribution is 0.0466. The first kappa shape index (κ1) is 17.7. The number of rotatable bonds is 7. The Bertz CT molecular complexity index is 405. The zero-order valence-corrected chi connectivity index (χ0v) is 11.6. The molecule has 0 aromatic carbocycles. The van der Waals surface area contributed by atoms with Crippen molar-refractivity contribution >= 4 is 19.7 Å². The van der Waals surface area contributed by atoms with Crippen molar-refractivity contribution in [3.05, 3.63) is 0 Å². The molecular weight excluding hydrogens is 288 g/mol. The molecule has 0 rings (SSSR count). The van der Waals surface area contributed by atoms with E-state index in [4.69, 9.17) is 10.2 Å². The van der Waals surface area contributed by atoms with E-state index in [1.807, 2.05) is 0 Å². The van der Waals surface area contributed by atoms with Gasteiger partial charge in [-0.15, -0.1) is 0 Å². The second kappa shape index (κ2) is 6.26. The highest BCUT2D eigenvalue weighted by atomic mass is 32.2. The quantitative estimate of drug-likeness (QED) is 0.394. The number of hydrogen-bond donors (Lipinski definition) is 4. The van der Waals surface area contributed by atoms with E-state index in [0.717, 1.165) is 13.8 Å². The molecule has 0 aliphatic carbocycles. The summed E-state index contributed by atoms with van der Waals surface area (Å²) >= 11 is 0. The summed E-state index contributed by atoms with van der Waals surface area (Å²) < 4.78 is 44.9. The van der Waals surface area contributed by atoms with Crippen LogP contribution in [0.5, 0.6) is 0 Å². The van der Waals surface area contributed by atoms with E-state index in [9.17, 15) is 27.0 Å². The number of hydrogen-bond acceptors (Lipinski definition) is 8. The minimum absolute atomic E-state index is 0.971. The van der Waals surface area contributed by atoms with Crippen molar-refractivity contribution < 1.29 is 37.3 Å². The van der Waals surface area contributed by atoms with Crippen LogP contribution in [0.1, 0.15) is 13.8 Å². The van der Waals surface area contributed by atoms with Crippen LogP contribution < -0.4 is 0 Å². The molecule has 110 valence electrons. The van der Waals surface area contributed by atoms with Crippen LogP contribution in [0.25, 0.3) is 0 Å². The molecule has 0 fully saturated rings. The summed E-state index contributed by atoms with van der Waals surface area (Å²) in [6.07, 6.45) is -3.73. The zero-order valence-electron chi connectivity index (χ0n) is 9.96. The lowest BCUT2D eigenvalue weighted by atomic mass is 10.3. The maximum absolute atomic E-state index is 11.2. The van der Waals surface area contributed by atoms with Gasteiger partial charge in [0.25, 0.3) is 0 Å². The maximum atomic E-state index is 11.2. The minimum Gasteiger partial charge on any atom is -0.389 e. The molecule has 0 saturated heterocycles. The molecule has 0 aromatic rings. The van der Waals surface area contributed by atoms with Crippen molar-refractivity contribution in [1.82, 2.24) is 0 Å². The molecule has 10 heteroatoms. The predicted octanol–water partition coefficient (Wildman–Crippen LogP) is -2.79. The van der Waals surface area contributed by atoms with E-state index in [1.165, 1.54) is 0 Å². The van der Waals surface area contributed by atoms with Crippen LogP contribution in [0.2, 0.25) is 0 Å². The fraction of sp³-hybridized carbons (Fsp3) is 1.00. The fourth-order valence-electron chi connectivity index (χ4n) is 0.977. The summed E-state index contributed by atoms with van der Waals surface area (Å²) in [6, 6.07) is 0. The van der Waals surface area contributed by atoms with Gasteiger partial charge >= 0.3 is 0 Å². The Balaban J connectivity index is 4.70. The van der Waals surface area contributed by atoms with Crippen molar-refractivity contribution in [2.75, 3.05) is 11.5 Å². The van der Waals surface area contributed by atoms with Crippen molar-refractivity contribution in [3.8, 4) is 0 Å². The van der Waals surface area contributed by atoms with Gasteiger partial charge in [-0.1, -0.05) is 0 Å². The molecule has 0 aromatic heterocycles. The average molecular weight is 306 g/mol. The monoisotopic (exact) mass is 306 g/mol. The molecule has 0 spiro atoms. The highest BCUT2D eigenvalue weighted by Crippen LogP contribution is 2.08. The second-order valence-electron chi connectivity index (χ2n) is 3.99. The molecule has 0 aliphatic heterocycles. The maximum Gasteiger partial charge on any atom is 0.179 e. The third kappa shape index (κ3) is 5.16. The first-order chi connectivity index (χ1) is 7.90. The van der Waals surface area contributed by atoms with Gasteiger partial charge in [-0.05, 0) is 13.8 Å². The largest absolute Gasteiger partial charge is 0.389 e.